The highest BCUT2D eigenvalue weighted by Crippen LogP contribution is 2.44. The summed E-state index contributed by atoms with van der Waals surface area (Å²) in [5, 5.41) is 19.9. The standard InChI is InChI=1S/C31H28FN3O4S2/c1-3-4-17-39-23-15-13-20(14-16-23)26-25(27(36)21-11-9-19(2)10-12-21)28(37)29(38)35(26)30-33-34-31(41-30)40-18-22-7-5-6-8-24(22)32/h5-16,26,36H,3-4,17-18H2,1-2H3/b27-25-. The van der Waals surface area contributed by atoms with E-state index < -0.39 is 17.7 Å². The van der Waals surface area contributed by atoms with Crippen LogP contribution in [0.1, 0.15) is 48.1 Å². The van der Waals surface area contributed by atoms with Crippen LogP contribution in [0, 0.1) is 12.7 Å². The summed E-state index contributed by atoms with van der Waals surface area (Å²) in [5.41, 5.74) is 2.52. The lowest BCUT2D eigenvalue weighted by Gasteiger charge is -2.22. The molecule has 5 rings (SSSR count). The molecule has 1 aromatic heterocycles. The molecular formula is C31H28FN3O4S2. The van der Waals surface area contributed by atoms with Crippen LogP contribution in [0.5, 0.6) is 5.75 Å². The quantitative estimate of drug-likeness (QED) is 0.0528. The van der Waals surface area contributed by atoms with Crippen molar-refractivity contribution in [2.45, 2.75) is 42.8 Å². The van der Waals surface area contributed by atoms with Crippen molar-refractivity contribution in [1.82, 2.24) is 10.2 Å². The van der Waals surface area contributed by atoms with E-state index in [0.29, 0.717) is 39.1 Å². The molecule has 41 heavy (non-hydrogen) atoms. The molecule has 4 aromatic rings. The Morgan fingerprint density at radius 3 is 2.49 bits per heavy atom. The van der Waals surface area contributed by atoms with E-state index in [2.05, 4.69) is 17.1 Å². The van der Waals surface area contributed by atoms with Gasteiger partial charge in [0.05, 0.1) is 18.2 Å². The van der Waals surface area contributed by atoms with Gasteiger partial charge in [0.1, 0.15) is 17.3 Å². The molecule has 1 amide bonds. The van der Waals surface area contributed by atoms with E-state index in [1.807, 2.05) is 19.1 Å². The number of carbonyl (C=O) groups is 2. The zero-order chi connectivity index (χ0) is 28.9. The molecule has 7 nitrogen and oxygen atoms in total. The number of anilines is 1. The second kappa shape index (κ2) is 12.7. The molecule has 1 fully saturated rings. The Bertz CT molecular complexity index is 1590. The lowest BCUT2D eigenvalue weighted by Crippen LogP contribution is -2.29. The highest BCUT2D eigenvalue weighted by Gasteiger charge is 2.48. The van der Waals surface area contributed by atoms with Gasteiger partial charge < -0.3 is 9.84 Å². The summed E-state index contributed by atoms with van der Waals surface area (Å²) >= 11 is 2.42. The summed E-state index contributed by atoms with van der Waals surface area (Å²) < 4.78 is 20.4. The van der Waals surface area contributed by atoms with E-state index >= 15 is 0 Å². The van der Waals surface area contributed by atoms with Crippen LogP contribution < -0.4 is 9.64 Å². The molecule has 1 unspecified atom stereocenters. The number of aryl methyl sites for hydroxylation is 1. The number of nitrogens with zero attached hydrogens (tertiary/aromatic N) is 3. The maximum atomic E-state index is 14.1. The van der Waals surface area contributed by atoms with Crippen LogP contribution in [0.25, 0.3) is 5.76 Å². The fraction of sp³-hybridized carbons (Fsp3) is 0.226. The molecule has 10 heteroatoms. The largest absolute Gasteiger partial charge is 0.507 e. The van der Waals surface area contributed by atoms with Gasteiger partial charge in [-0.15, -0.1) is 10.2 Å². The number of aliphatic hydroxyl groups excluding tert-OH is 1. The highest BCUT2D eigenvalue weighted by atomic mass is 32.2. The summed E-state index contributed by atoms with van der Waals surface area (Å²) in [7, 11) is 0. The molecule has 3 aromatic carbocycles. The fourth-order valence-corrected chi connectivity index (χ4v) is 6.26. The molecule has 0 spiro atoms. The number of Topliss-reactive ketones (excluding diaryl/α,β-unsaturated/α-hetero) is 1. The fourth-order valence-electron chi connectivity index (χ4n) is 4.41. The average Bonchev–Trinajstić information content (AvgIpc) is 3.55. The number of thioether (sulfide) groups is 1. The van der Waals surface area contributed by atoms with Crippen molar-refractivity contribution < 1.29 is 23.8 Å². The van der Waals surface area contributed by atoms with Gasteiger partial charge in [0, 0.05) is 11.3 Å². The normalized spacial score (nSPS) is 16.4. The minimum absolute atomic E-state index is 0.0331. The van der Waals surface area contributed by atoms with Crippen molar-refractivity contribution in [3.05, 3.63) is 106 Å². The second-order valence-electron chi connectivity index (χ2n) is 9.54. The molecule has 0 bridgehead atoms. The Balaban J connectivity index is 1.51. The molecule has 1 aliphatic heterocycles. The Morgan fingerprint density at radius 2 is 1.78 bits per heavy atom. The molecule has 0 aliphatic carbocycles. The first-order valence-electron chi connectivity index (χ1n) is 13.2. The summed E-state index contributed by atoms with van der Waals surface area (Å²) in [6.07, 6.45) is 1.93. The van der Waals surface area contributed by atoms with E-state index in [1.165, 1.54) is 22.7 Å². The summed E-state index contributed by atoms with van der Waals surface area (Å²) in [6, 6.07) is 19.8. The van der Waals surface area contributed by atoms with Gasteiger partial charge in [-0.25, -0.2) is 4.39 Å². The SMILES string of the molecule is CCCCOc1ccc(C2/C(=C(/O)c3ccc(C)cc3)C(=O)C(=O)N2c2nnc(SCc3ccccc3F)s2)cc1. The molecule has 0 radical (unpaired) electrons. The van der Waals surface area contributed by atoms with E-state index in [0.717, 1.165) is 29.7 Å². The molecule has 1 aliphatic rings. The number of amides is 1. The number of unbranched alkanes of at least 4 members (excludes halogenated alkanes) is 1. The van der Waals surface area contributed by atoms with Crippen molar-refractivity contribution in [2.24, 2.45) is 0 Å². The third-order valence-electron chi connectivity index (χ3n) is 6.64. The Kier molecular flexibility index (Phi) is 8.80. The van der Waals surface area contributed by atoms with Crippen LogP contribution in [0.15, 0.2) is 82.7 Å². The number of hydrogen-bond donors (Lipinski definition) is 1. The number of rotatable bonds is 10. The Labute approximate surface area is 245 Å². The first kappa shape index (κ1) is 28.5. The maximum absolute atomic E-state index is 14.1. The van der Waals surface area contributed by atoms with Crippen molar-refractivity contribution in [1.29, 1.82) is 0 Å². The van der Waals surface area contributed by atoms with Crippen molar-refractivity contribution in [3.63, 3.8) is 0 Å². The summed E-state index contributed by atoms with van der Waals surface area (Å²) in [5.74, 6) is -1.20. The van der Waals surface area contributed by atoms with Gasteiger partial charge in [0.15, 0.2) is 4.34 Å². The van der Waals surface area contributed by atoms with Crippen molar-refractivity contribution in [3.8, 4) is 5.75 Å². The number of hydrogen-bond acceptors (Lipinski definition) is 8. The third kappa shape index (κ3) is 6.18. The predicted octanol–water partition coefficient (Wildman–Crippen LogP) is 7.08. The van der Waals surface area contributed by atoms with Gasteiger partial charge in [0.25, 0.3) is 5.78 Å². The molecule has 210 valence electrons. The molecule has 2 heterocycles. The van der Waals surface area contributed by atoms with Crippen LogP contribution in [0.2, 0.25) is 0 Å². The number of halogens is 1. The number of aromatic nitrogens is 2. The van der Waals surface area contributed by atoms with Crippen LogP contribution in [-0.2, 0) is 15.3 Å². The third-order valence-corrected chi connectivity index (χ3v) is 8.75. The smallest absolute Gasteiger partial charge is 0.301 e. The lowest BCUT2D eigenvalue weighted by atomic mass is 9.95. The van der Waals surface area contributed by atoms with Crippen LogP contribution in [-0.4, -0.2) is 33.6 Å². The minimum Gasteiger partial charge on any atom is -0.507 e. The van der Waals surface area contributed by atoms with Crippen molar-refractivity contribution in [2.75, 3.05) is 11.5 Å². The Morgan fingerprint density at radius 1 is 1.05 bits per heavy atom. The zero-order valence-corrected chi connectivity index (χ0v) is 24.2. The van der Waals surface area contributed by atoms with E-state index in [-0.39, 0.29) is 22.3 Å². The minimum atomic E-state index is -0.932. The first-order valence-corrected chi connectivity index (χ1v) is 15.0. The van der Waals surface area contributed by atoms with E-state index in [1.54, 1.807) is 54.6 Å². The summed E-state index contributed by atoms with van der Waals surface area (Å²) in [4.78, 5) is 28.2. The zero-order valence-electron chi connectivity index (χ0n) is 22.5. The predicted molar refractivity (Wildman–Crippen MR) is 159 cm³/mol. The van der Waals surface area contributed by atoms with E-state index in [4.69, 9.17) is 4.74 Å². The molecule has 1 atom stereocenters. The van der Waals surface area contributed by atoms with Gasteiger partial charge in [0.2, 0.25) is 5.13 Å². The van der Waals surface area contributed by atoms with Crippen LogP contribution >= 0.6 is 23.1 Å². The monoisotopic (exact) mass is 589 g/mol. The number of ether oxygens (including phenoxy) is 1. The topological polar surface area (TPSA) is 92.6 Å². The van der Waals surface area contributed by atoms with Gasteiger partial charge in [-0.05, 0) is 42.7 Å². The average molecular weight is 590 g/mol. The van der Waals surface area contributed by atoms with Crippen molar-refractivity contribution >= 4 is 45.7 Å². The second-order valence-corrected chi connectivity index (χ2v) is 11.7. The lowest BCUT2D eigenvalue weighted by molar-refractivity contribution is -0.132. The Hall–Kier alpha value is -4.02. The molecule has 1 N–H and O–H groups in total. The van der Waals surface area contributed by atoms with Gasteiger partial charge in [-0.1, -0.05) is 96.6 Å². The number of carbonyl (C=O) groups excluding carboxylic acids is 2. The molecular weight excluding hydrogens is 561 g/mol. The molecule has 0 saturated carbocycles. The number of benzene rings is 3. The highest BCUT2D eigenvalue weighted by molar-refractivity contribution is 8.00. The maximum Gasteiger partial charge on any atom is 0.301 e. The van der Waals surface area contributed by atoms with Crippen LogP contribution in [0.4, 0.5) is 9.52 Å². The first-order chi connectivity index (χ1) is 19.9. The van der Waals surface area contributed by atoms with Gasteiger partial charge >= 0.3 is 5.91 Å². The number of aliphatic hydroxyl groups is 1. The molecule has 1 saturated heterocycles. The van der Waals surface area contributed by atoms with Gasteiger partial charge in [-0.3, -0.25) is 14.5 Å². The summed E-state index contributed by atoms with van der Waals surface area (Å²) in [6.45, 7) is 4.59. The van der Waals surface area contributed by atoms with Crippen LogP contribution in [0.3, 0.4) is 0 Å². The number of ketones is 1. The van der Waals surface area contributed by atoms with E-state index in [9.17, 15) is 19.1 Å². The van der Waals surface area contributed by atoms with Gasteiger partial charge in [-0.2, -0.15) is 0 Å².